The van der Waals surface area contributed by atoms with E-state index < -0.39 is 46.5 Å². The van der Waals surface area contributed by atoms with E-state index in [2.05, 4.69) is 20.8 Å². The van der Waals surface area contributed by atoms with Gasteiger partial charge in [0.1, 0.15) is 18.0 Å². The van der Waals surface area contributed by atoms with Gasteiger partial charge < -0.3 is 19.7 Å². The Morgan fingerprint density at radius 2 is 1.64 bits per heavy atom. The number of hydrogen-bond acceptors (Lipinski definition) is 7. The number of carboxylic acids is 1. The molecule has 0 aromatic carbocycles. The zero-order valence-corrected chi connectivity index (χ0v) is 26.8. The van der Waals surface area contributed by atoms with E-state index in [1.165, 1.54) is 26.3 Å². The van der Waals surface area contributed by atoms with E-state index >= 15 is 0 Å². The highest BCUT2D eigenvalue weighted by Gasteiger charge is 2.69. The number of fused-ring (bicyclic) bond motifs is 4. The van der Waals surface area contributed by atoms with Gasteiger partial charge in [-0.15, -0.1) is 0 Å². The summed E-state index contributed by atoms with van der Waals surface area (Å²) >= 11 is 0. The van der Waals surface area contributed by atoms with Crippen LogP contribution in [0.4, 0.5) is 0 Å². The van der Waals surface area contributed by atoms with Gasteiger partial charge in [0, 0.05) is 43.1 Å². The van der Waals surface area contributed by atoms with Gasteiger partial charge in [-0.25, -0.2) is 4.79 Å². The Morgan fingerprint density at radius 1 is 1.00 bits per heavy atom. The Balaban J connectivity index is 1.82. The number of carbonyl (C=O) groups excluding carboxylic acids is 3. The molecule has 9 atom stereocenters. The topological polar surface area (TPSA) is 127 Å². The fraction of sp³-hybridized carbons (Fsp3) is 0.765. The molecule has 4 rings (SSSR count). The summed E-state index contributed by atoms with van der Waals surface area (Å²) in [6.07, 6.45) is 3.95. The molecule has 0 amide bonds. The second-order valence-corrected chi connectivity index (χ2v) is 14.8. The third-order valence-electron chi connectivity index (χ3n) is 12.5. The molecular formula is C34H50O8. The number of esters is 2. The minimum atomic E-state index is -1.01. The van der Waals surface area contributed by atoms with Gasteiger partial charge in [-0.1, -0.05) is 53.2 Å². The van der Waals surface area contributed by atoms with Crippen molar-refractivity contribution in [3.63, 3.8) is 0 Å². The molecule has 0 aromatic heterocycles. The number of ketones is 1. The smallest absolute Gasteiger partial charge is 0.330 e. The van der Waals surface area contributed by atoms with Gasteiger partial charge in [-0.2, -0.15) is 0 Å². The van der Waals surface area contributed by atoms with E-state index in [1.807, 2.05) is 20.8 Å². The van der Waals surface area contributed by atoms with Gasteiger partial charge in [0.05, 0.1) is 6.10 Å². The summed E-state index contributed by atoms with van der Waals surface area (Å²) in [6.45, 7) is 17.0. The molecule has 0 heterocycles. The lowest BCUT2D eigenvalue weighted by atomic mass is 9.42. The van der Waals surface area contributed by atoms with Gasteiger partial charge in [-0.05, 0) is 73.2 Å². The molecule has 0 saturated heterocycles. The number of aliphatic hydroxyl groups is 1. The summed E-state index contributed by atoms with van der Waals surface area (Å²) in [5.74, 6) is -1.75. The fourth-order valence-electron chi connectivity index (χ4n) is 9.82. The Morgan fingerprint density at radius 3 is 2.21 bits per heavy atom. The van der Waals surface area contributed by atoms with E-state index in [-0.39, 0.29) is 46.9 Å². The molecule has 2 saturated carbocycles. The van der Waals surface area contributed by atoms with Crippen LogP contribution in [0.2, 0.25) is 0 Å². The number of ether oxygens (including phenoxy) is 2. The predicted molar refractivity (Wildman–Crippen MR) is 157 cm³/mol. The highest BCUT2D eigenvalue weighted by Crippen LogP contribution is 2.72. The Kier molecular flexibility index (Phi) is 8.42. The van der Waals surface area contributed by atoms with Crippen LogP contribution < -0.4 is 0 Å². The van der Waals surface area contributed by atoms with E-state index in [0.29, 0.717) is 19.3 Å². The molecule has 0 radical (unpaired) electrons. The van der Waals surface area contributed by atoms with Crippen LogP contribution in [0.25, 0.3) is 0 Å². The number of hydrogen-bond donors (Lipinski definition) is 2. The first-order valence-electron chi connectivity index (χ1n) is 15.5. The van der Waals surface area contributed by atoms with Crippen LogP contribution in [-0.4, -0.2) is 52.2 Å². The Hall–Kier alpha value is -2.48. The SMILES string of the molecule is CC(=O)OC1CC2C(C)(C)C(=O)CCC2(C)C2=C1C1(C)C(O)CC(C(C)C(CC=C(C)C(=O)O)OC(C)=O)C1(C)CC2. The van der Waals surface area contributed by atoms with Crippen molar-refractivity contribution < 1.29 is 38.9 Å². The highest BCUT2D eigenvalue weighted by atomic mass is 16.5. The molecule has 42 heavy (non-hydrogen) atoms. The zero-order chi connectivity index (χ0) is 31.6. The maximum atomic E-state index is 13.1. The van der Waals surface area contributed by atoms with Crippen molar-refractivity contribution in [2.24, 2.45) is 39.4 Å². The third kappa shape index (κ3) is 4.86. The van der Waals surface area contributed by atoms with Crippen molar-refractivity contribution in [1.29, 1.82) is 0 Å². The van der Waals surface area contributed by atoms with Crippen LogP contribution in [-0.2, 0) is 28.7 Å². The number of aliphatic hydroxyl groups excluding tert-OH is 1. The Bertz CT molecular complexity index is 1230. The predicted octanol–water partition coefficient (Wildman–Crippen LogP) is 5.81. The molecule has 0 aromatic rings. The number of carbonyl (C=O) groups is 4. The molecule has 0 aliphatic heterocycles. The second-order valence-electron chi connectivity index (χ2n) is 14.8. The zero-order valence-electron chi connectivity index (χ0n) is 26.8. The van der Waals surface area contributed by atoms with E-state index in [1.54, 1.807) is 6.08 Å². The minimum absolute atomic E-state index is 0.0215. The van der Waals surface area contributed by atoms with E-state index in [0.717, 1.165) is 24.8 Å². The monoisotopic (exact) mass is 586 g/mol. The van der Waals surface area contributed by atoms with Gasteiger partial charge in [0.15, 0.2) is 0 Å². The summed E-state index contributed by atoms with van der Waals surface area (Å²) in [7, 11) is 0. The molecule has 4 aliphatic rings. The lowest BCUT2D eigenvalue weighted by molar-refractivity contribution is -0.155. The highest BCUT2D eigenvalue weighted by molar-refractivity contribution is 5.86. The summed E-state index contributed by atoms with van der Waals surface area (Å²) in [5, 5.41) is 21.4. The Labute approximate surface area is 250 Å². The average molecular weight is 587 g/mol. The lowest BCUT2D eigenvalue weighted by Gasteiger charge is -2.62. The van der Waals surface area contributed by atoms with Crippen LogP contribution in [0.5, 0.6) is 0 Å². The first-order valence-corrected chi connectivity index (χ1v) is 15.5. The van der Waals surface area contributed by atoms with Crippen LogP contribution >= 0.6 is 0 Å². The van der Waals surface area contributed by atoms with E-state index in [4.69, 9.17) is 9.47 Å². The first-order chi connectivity index (χ1) is 19.3. The summed E-state index contributed by atoms with van der Waals surface area (Å²) < 4.78 is 11.9. The summed E-state index contributed by atoms with van der Waals surface area (Å²) in [6, 6.07) is 0. The van der Waals surface area contributed by atoms with Crippen molar-refractivity contribution in [1.82, 2.24) is 0 Å². The van der Waals surface area contributed by atoms with Crippen molar-refractivity contribution in [3.8, 4) is 0 Å². The standard InChI is InChI=1S/C34H50O8/c1-18(30(39)40)10-11-24(41-20(3)35)19(2)23-16-28(38)34(9)29-22(12-15-33(23,34)8)32(7)14-13-27(37)31(5,6)26(32)17-25(29)42-21(4)36/h10,19,23-26,28,38H,11-17H2,1-9H3,(H,39,40). The van der Waals surface area contributed by atoms with Crippen molar-refractivity contribution in [2.75, 3.05) is 0 Å². The number of Topliss-reactive ketones (excluding diaryl/α,β-unsaturated/α-hetero) is 1. The second kappa shape index (κ2) is 10.9. The number of carboxylic acid groups (broad SMARTS) is 1. The van der Waals surface area contributed by atoms with Crippen molar-refractivity contribution >= 4 is 23.7 Å². The molecule has 2 N–H and O–H groups in total. The molecule has 4 aliphatic carbocycles. The van der Waals surface area contributed by atoms with Gasteiger partial charge in [0.2, 0.25) is 0 Å². The maximum Gasteiger partial charge on any atom is 0.330 e. The van der Waals surface area contributed by atoms with Crippen LogP contribution in [0.15, 0.2) is 22.8 Å². The van der Waals surface area contributed by atoms with Gasteiger partial charge in [0.25, 0.3) is 0 Å². The number of rotatable bonds is 7. The quantitative estimate of drug-likeness (QED) is 0.218. The molecule has 234 valence electrons. The van der Waals surface area contributed by atoms with E-state index in [9.17, 15) is 29.4 Å². The average Bonchev–Trinajstić information content (AvgIpc) is 3.10. The molecule has 9 unspecified atom stereocenters. The molecule has 8 heteroatoms. The fourth-order valence-corrected chi connectivity index (χ4v) is 9.82. The summed E-state index contributed by atoms with van der Waals surface area (Å²) in [5.41, 5.74) is 0.574. The van der Waals surface area contributed by atoms with Crippen molar-refractivity contribution in [3.05, 3.63) is 22.8 Å². The molecular weight excluding hydrogens is 536 g/mol. The van der Waals surface area contributed by atoms with Gasteiger partial charge in [-0.3, -0.25) is 14.4 Å². The summed E-state index contributed by atoms with van der Waals surface area (Å²) in [4.78, 5) is 49.2. The minimum Gasteiger partial charge on any atom is -0.478 e. The third-order valence-corrected chi connectivity index (χ3v) is 12.5. The van der Waals surface area contributed by atoms with Crippen LogP contribution in [0.3, 0.4) is 0 Å². The maximum absolute atomic E-state index is 13.1. The van der Waals surface area contributed by atoms with Crippen LogP contribution in [0, 0.1) is 39.4 Å². The molecule has 0 bridgehead atoms. The number of allylic oxidation sites excluding steroid dienone is 1. The van der Waals surface area contributed by atoms with Crippen molar-refractivity contribution in [2.45, 2.75) is 126 Å². The largest absolute Gasteiger partial charge is 0.478 e. The normalized spacial score (nSPS) is 39.0. The van der Waals surface area contributed by atoms with Crippen LogP contribution in [0.1, 0.15) is 107 Å². The van der Waals surface area contributed by atoms with Gasteiger partial charge >= 0.3 is 17.9 Å². The number of aliphatic carboxylic acids is 1. The molecule has 8 nitrogen and oxygen atoms in total. The molecule has 2 fully saturated rings. The molecule has 0 spiro atoms. The first kappa shape index (κ1) is 32.4. The lowest BCUT2D eigenvalue weighted by Crippen LogP contribution is -2.59.